The van der Waals surface area contributed by atoms with E-state index in [0.29, 0.717) is 0 Å². The van der Waals surface area contributed by atoms with E-state index in [2.05, 4.69) is 66.9 Å². The SMILES string of the molecule is CCNCCC=Cc1cccc2ccccc12. The Morgan fingerprint density at radius 2 is 1.88 bits per heavy atom. The van der Waals surface area contributed by atoms with Crippen LogP contribution in [0.15, 0.2) is 48.5 Å². The minimum Gasteiger partial charge on any atom is -0.317 e. The van der Waals surface area contributed by atoms with Gasteiger partial charge in [0.2, 0.25) is 0 Å². The van der Waals surface area contributed by atoms with Crippen molar-refractivity contribution in [1.82, 2.24) is 5.32 Å². The van der Waals surface area contributed by atoms with Crippen molar-refractivity contribution in [2.24, 2.45) is 0 Å². The van der Waals surface area contributed by atoms with Crippen LogP contribution in [0.3, 0.4) is 0 Å². The van der Waals surface area contributed by atoms with E-state index in [0.717, 1.165) is 19.5 Å². The second kappa shape index (κ2) is 6.21. The van der Waals surface area contributed by atoms with Gasteiger partial charge in [-0.15, -0.1) is 0 Å². The standard InChI is InChI=1S/C16H19N/c1-2-17-13-6-5-9-15-11-7-10-14-8-3-4-12-16(14)15/h3-5,7-12,17H,2,6,13H2,1H3. The minimum atomic E-state index is 1.04. The molecule has 17 heavy (non-hydrogen) atoms. The molecule has 1 heteroatoms. The monoisotopic (exact) mass is 225 g/mol. The summed E-state index contributed by atoms with van der Waals surface area (Å²) in [5.41, 5.74) is 1.31. The number of hydrogen-bond acceptors (Lipinski definition) is 1. The van der Waals surface area contributed by atoms with E-state index in [1.807, 2.05) is 0 Å². The summed E-state index contributed by atoms with van der Waals surface area (Å²) < 4.78 is 0. The van der Waals surface area contributed by atoms with E-state index in [1.54, 1.807) is 0 Å². The van der Waals surface area contributed by atoms with Gasteiger partial charge in [-0.3, -0.25) is 0 Å². The molecule has 0 aliphatic carbocycles. The quantitative estimate of drug-likeness (QED) is 0.762. The number of rotatable bonds is 5. The number of benzene rings is 2. The molecule has 0 aliphatic heterocycles. The van der Waals surface area contributed by atoms with Gasteiger partial charge in [-0.05, 0) is 35.8 Å². The summed E-state index contributed by atoms with van der Waals surface area (Å²) in [6, 6.07) is 15.0. The average molecular weight is 225 g/mol. The fraction of sp³-hybridized carbons (Fsp3) is 0.250. The van der Waals surface area contributed by atoms with Gasteiger partial charge in [0.25, 0.3) is 0 Å². The number of nitrogens with one attached hydrogen (secondary N) is 1. The van der Waals surface area contributed by atoms with Crippen molar-refractivity contribution in [2.75, 3.05) is 13.1 Å². The van der Waals surface area contributed by atoms with E-state index < -0.39 is 0 Å². The van der Waals surface area contributed by atoms with Crippen molar-refractivity contribution in [3.05, 3.63) is 54.1 Å². The first-order valence-corrected chi connectivity index (χ1v) is 6.27. The van der Waals surface area contributed by atoms with Gasteiger partial charge >= 0.3 is 0 Å². The van der Waals surface area contributed by atoms with E-state index >= 15 is 0 Å². The highest BCUT2D eigenvalue weighted by atomic mass is 14.8. The van der Waals surface area contributed by atoms with Crippen LogP contribution in [-0.2, 0) is 0 Å². The first kappa shape index (κ1) is 11.9. The summed E-state index contributed by atoms with van der Waals surface area (Å²) in [5.74, 6) is 0. The highest BCUT2D eigenvalue weighted by Crippen LogP contribution is 2.19. The summed E-state index contributed by atoms with van der Waals surface area (Å²) in [4.78, 5) is 0. The van der Waals surface area contributed by atoms with Gasteiger partial charge in [0.1, 0.15) is 0 Å². The molecule has 0 saturated heterocycles. The van der Waals surface area contributed by atoms with Gasteiger partial charge in [0.05, 0.1) is 0 Å². The molecule has 1 nitrogen and oxygen atoms in total. The maximum absolute atomic E-state index is 3.32. The third-order valence-electron chi connectivity index (χ3n) is 2.86. The largest absolute Gasteiger partial charge is 0.317 e. The molecular weight excluding hydrogens is 206 g/mol. The van der Waals surface area contributed by atoms with Crippen LogP contribution in [0, 0.1) is 0 Å². The summed E-state index contributed by atoms with van der Waals surface area (Å²) in [7, 11) is 0. The predicted octanol–water partition coefficient (Wildman–Crippen LogP) is 3.85. The molecule has 0 aromatic heterocycles. The van der Waals surface area contributed by atoms with Crippen molar-refractivity contribution in [1.29, 1.82) is 0 Å². The van der Waals surface area contributed by atoms with E-state index in [9.17, 15) is 0 Å². The normalized spacial score (nSPS) is 11.4. The highest BCUT2D eigenvalue weighted by molar-refractivity contribution is 5.90. The Kier molecular flexibility index (Phi) is 4.34. The average Bonchev–Trinajstić information content (AvgIpc) is 2.39. The van der Waals surface area contributed by atoms with Crippen LogP contribution in [-0.4, -0.2) is 13.1 Å². The number of hydrogen-bond donors (Lipinski definition) is 1. The van der Waals surface area contributed by atoms with Crippen LogP contribution in [0.5, 0.6) is 0 Å². The molecule has 2 aromatic carbocycles. The zero-order valence-corrected chi connectivity index (χ0v) is 10.3. The van der Waals surface area contributed by atoms with Crippen molar-refractivity contribution in [3.63, 3.8) is 0 Å². The molecule has 0 heterocycles. The molecule has 0 radical (unpaired) electrons. The molecule has 0 fully saturated rings. The fourth-order valence-corrected chi connectivity index (χ4v) is 1.97. The Balaban J connectivity index is 2.13. The van der Waals surface area contributed by atoms with Gasteiger partial charge in [0, 0.05) is 0 Å². The minimum absolute atomic E-state index is 1.04. The lowest BCUT2D eigenvalue weighted by Gasteiger charge is -2.01. The van der Waals surface area contributed by atoms with Crippen molar-refractivity contribution >= 4 is 16.8 Å². The zero-order chi connectivity index (χ0) is 11.9. The lowest BCUT2D eigenvalue weighted by molar-refractivity contribution is 0.727. The maximum Gasteiger partial charge on any atom is -0.00143 e. The molecule has 0 amide bonds. The maximum atomic E-state index is 3.32. The highest BCUT2D eigenvalue weighted by Gasteiger charge is 1.95. The van der Waals surface area contributed by atoms with Gasteiger partial charge in [0.15, 0.2) is 0 Å². The van der Waals surface area contributed by atoms with Gasteiger partial charge in [-0.25, -0.2) is 0 Å². The lowest BCUT2D eigenvalue weighted by atomic mass is 10.0. The van der Waals surface area contributed by atoms with Gasteiger partial charge in [-0.2, -0.15) is 0 Å². The molecule has 1 N–H and O–H groups in total. The fourth-order valence-electron chi connectivity index (χ4n) is 1.97. The van der Waals surface area contributed by atoms with Crippen LogP contribution in [0.2, 0.25) is 0 Å². The van der Waals surface area contributed by atoms with Crippen molar-refractivity contribution in [2.45, 2.75) is 13.3 Å². The predicted molar refractivity (Wildman–Crippen MR) is 76.1 cm³/mol. The van der Waals surface area contributed by atoms with Crippen LogP contribution < -0.4 is 5.32 Å². The van der Waals surface area contributed by atoms with E-state index in [-0.39, 0.29) is 0 Å². The van der Waals surface area contributed by atoms with Crippen molar-refractivity contribution in [3.8, 4) is 0 Å². The summed E-state index contributed by atoms with van der Waals surface area (Å²) in [6.07, 6.45) is 5.54. The van der Waals surface area contributed by atoms with Gasteiger partial charge in [-0.1, -0.05) is 61.5 Å². The second-order valence-electron chi connectivity index (χ2n) is 4.11. The topological polar surface area (TPSA) is 12.0 Å². The first-order chi connectivity index (χ1) is 8.42. The summed E-state index contributed by atoms with van der Waals surface area (Å²) >= 11 is 0. The van der Waals surface area contributed by atoms with Crippen LogP contribution in [0.1, 0.15) is 18.9 Å². The molecule has 0 bridgehead atoms. The molecule has 0 aliphatic rings. The summed E-state index contributed by atoms with van der Waals surface area (Å²) in [6.45, 7) is 4.23. The first-order valence-electron chi connectivity index (χ1n) is 6.27. The van der Waals surface area contributed by atoms with Crippen LogP contribution in [0.4, 0.5) is 0 Å². The molecular formula is C16H19N. The molecule has 0 saturated carbocycles. The Labute approximate surface area is 103 Å². The Morgan fingerprint density at radius 1 is 1.06 bits per heavy atom. The zero-order valence-electron chi connectivity index (χ0n) is 10.3. The van der Waals surface area contributed by atoms with Crippen LogP contribution >= 0.6 is 0 Å². The third kappa shape index (κ3) is 3.18. The Bertz CT molecular complexity index is 494. The molecule has 2 rings (SSSR count). The number of fused-ring (bicyclic) bond motifs is 1. The Morgan fingerprint density at radius 3 is 2.76 bits per heavy atom. The lowest BCUT2D eigenvalue weighted by Crippen LogP contribution is -2.12. The summed E-state index contributed by atoms with van der Waals surface area (Å²) in [5, 5.41) is 5.96. The van der Waals surface area contributed by atoms with E-state index in [4.69, 9.17) is 0 Å². The third-order valence-corrected chi connectivity index (χ3v) is 2.86. The van der Waals surface area contributed by atoms with Crippen molar-refractivity contribution < 1.29 is 0 Å². The molecule has 0 spiro atoms. The second-order valence-corrected chi connectivity index (χ2v) is 4.11. The molecule has 0 atom stereocenters. The molecule has 2 aromatic rings. The Hall–Kier alpha value is -1.60. The molecule has 0 unspecified atom stereocenters. The molecule has 88 valence electrons. The van der Waals surface area contributed by atoms with Gasteiger partial charge < -0.3 is 5.32 Å². The van der Waals surface area contributed by atoms with Crippen LogP contribution in [0.25, 0.3) is 16.8 Å². The smallest absolute Gasteiger partial charge is 0.00143 e. The van der Waals surface area contributed by atoms with E-state index in [1.165, 1.54) is 16.3 Å².